The molecular formula is C18H25N5O. The fourth-order valence-electron chi connectivity index (χ4n) is 3.07. The summed E-state index contributed by atoms with van der Waals surface area (Å²) in [6.07, 6.45) is 3.01. The number of H-pyrrole nitrogens is 1. The van der Waals surface area contributed by atoms with Gasteiger partial charge in [-0.3, -0.25) is 4.90 Å². The van der Waals surface area contributed by atoms with Crippen LogP contribution in [0.2, 0.25) is 0 Å². The number of aryl methyl sites for hydroxylation is 2. The van der Waals surface area contributed by atoms with E-state index in [2.05, 4.69) is 25.5 Å². The van der Waals surface area contributed by atoms with Gasteiger partial charge in [0.1, 0.15) is 5.82 Å². The molecule has 6 heteroatoms. The van der Waals surface area contributed by atoms with Gasteiger partial charge in [0, 0.05) is 37.2 Å². The van der Waals surface area contributed by atoms with Gasteiger partial charge >= 0.3 is 6.03 Å². The van der Waals surface area contributed by atoms with Gasteiger partial charge in [0.15, 0.2) is 0 Å². The van der Waals surface area contributed by atoms with E-state index in [-0.39, 0.29) is 6.03 Å². The van der Waals surface area contributed by atoms with Gasteiger partial charge in [-0.25, -0.2) is 9.78 Å². The lowest BCUT2D eigenvalue weighted by molar-refractivity contribution is 0.249. The highest BCUT2D eigenvalue weighted by Gasteiger charge is 2.23. The van der Waals surface area contributed by atoms with Crippen molar-refractivity contribution < 1.29 is 4.79 Å². The van der Waals surface area contributed by atoms with Crippen LogP contribution in [-0.2, 0) is 6.54 Å². The molecule has 2 aromatic rings. The number of nitrogens with zero attached hydrogens (tertiary/aromatic N) is 2. The number of carbonyl (C=O) groups excluding carboxylic acids is 1. The lowest BCUT2D eigenvalue weighted by atomic mass is 10.1. The number of rotatable bonds is 5. The normalized spacial score (nSPS) is 17.8. The number of amides is 2. The first kappa shape index (κ1) is 16.5. The van der Waals surface area contributed by atoms with Gasteiger partial charge in [0.05, 0.1) is 0 Å². The number of hydrogen-bond donors (Lipinski definition) is 3. The molecular weight excluding hydrogens is 302 g/mol. The highest BCUT2D eigenvalue weighted by atomic mass is 16.2. The zero-order valence-corrected chi connectivity index (χ0v) is 14.3. The monoisotopic (exact) mass is 327 g/mol. The minimum absolute atomic E-state index is 0.138. The van der Waals surface area contributed by atoms with Crippen LogP contribution >= 0.6 is 0 Å². The molecule has 1 aromatic heterocycles. The summed E-state index contributed by atoms with van der Waals surface area (Å²) in [6, 6.07) is 7.67. The van der Waals surface area contributed by atoms with Crippen molar-refractivity contribution in [1.82, 2.24) is 20.2 Å². The Kier molecular flexibility index (Phi) is 5.15. The summed E-state index contributed by atoms with van der Waals surface area (Å²) < 4.78 is 0. The fourth-order valence-corrected chi connectivity index (χ4v) is 3.07. The van der Waals surface area contributed by atoms with Crippen molar-refractivity contribution in [1.29, 1.82) is 0 Å². The molecule has 0 spiro atoms. The maximum atomic E-state index is 12.0. The minimum Gasteiger partial charge on any atom is -0.345 e. The summed E-state index contributed by atoms with van der Waals surface area (Å²) in [6.45, 7) is 7.66. The van der Waals surface area contributed by atoms with E-state index in [4.69, 9.17) is 0 Å². The second-order valence-corrected chi connectivity index (χ2v) is 6.58. The summed E-state index contributed by atoms with van der Waals surface area (Å²) in [4.78, 5) is 21.9. The van der Waals surface area contributed by atoms with Crippen molar-refractivity contribution in [2.45, 2.75) is 26.8 Å². The summed E-state index contributed by atoms with van der Waals surface area (Å²) in [7, 11) is 0. The van der Waals surface area contributed by atoms with Crippen LogP contribution in [0.15, 0.2) is 30.5 Å². The molecule has 0 unspecified atom stereocenters. The smallest absolute Gasteiger partial charge is 0.319 e. The van der Waals surface area contributed by atoms with Crippen molar-refractivity contribution in [3.05, 3.63) is 47.5 Å². The molecule has 6 nitrogen and oxygen atoms in total. The Morgan fingerprint density at radius 3 is 2.83 bits per heavy atom. The van der Waals surface area contributed by atoms with E-state index >= 15 is 0 Å². The van der Waals surface area contributed by atoms with Gasteiger partial charge in [-0.2, -0.15) is 0 Å². The standard InChI is InChI=1S/C18H25N5O/c1-13-3-5-16(6-4-13)22-18(24)20-9-15-7-8-23(11-15)12-17-10-19-14(2)21-17/h3-6,10,15H,7-9,11-12H2,1-2H3,(H,19,21)(H2,20,22,24)/t15-/m1/s1. The Morgan fingerprint density at radius 2 is 2.12 bits per heavy atom. The predicted octanol–water partition coefficient (Wildman–Crippen LogP) is 2.67. The minimum atomic E-state index is -0.138. The van der Waals surface area contributed by atoms with Gasteiger partial charge in [0.25, 0.3) is 0 Å². The summed E-state index contributed by atoms with van der Waals surface area (Å²) in [5, 5.41) is 5.85. The predicted molar refractivity (Wildman–Crippen MR) is 94.9 cm³/mol. The number of anilines is 1. The number of imidazole rings is 1. The number of urea groups is 1. The number of likely N-dealkylation sites (tertiary alicyclic amines) is 1. The van der Waals surface area contributed by atoms with Crippen LogP contribution in [0.3, 0.4) is 0 Å². The number of aromatic amines is 1. The third-order valence-electron chi connectivity index (χ3n) is 4.38. The number of benzene rings is 1. The van der Waals surface area contributed by atoms with Crippen molar-refractivity contribution >= 4 is 11.7 Å². The number of aromatic nitrogens is 2. The SMILES string of the molecule is Cc1ccc(NC(=O)NC[C@H]2CCN(Cc3cnc(C)[nH]3)C2)cc1. The molecule has 0 aliphatic carbocycles. The molecule has 0 saturated carbocycles. The highest BCUT2D eigenvalue weighted by molar-refractivity contribution is 5.89. The average Bonchev–Trinajstić information content (AvgIpc) is 3.17. The van der Waals surface area contributed by atoms with Crippen LogP contribution in [0, 0.1) is 19.8 Å². The Labute approximate surface area is 142 Å². The fraction of sp³-hybridized carbons (Fsp3) is 0.444. The van der Waals surface area contributed by atoms with Crippen LogP contribution in [0.25, 0.3) is 0 Å². The molecule has 1 saturated heterocycles. The van der Waals surface area contributed by atoms with Crippen LogP contribution < -0.4 is 10.6 Å². The Bertz CT molecular complexity index is 679. The van der Waals surface area contributed by atoms with Gasteiger partial charge in [-0.1, -0.05) is 17.7 Å². The molecule has 1 aliphatic heterocycles. The van der Waals surface area contributed by atoms with Crippen LogP contribution in [0.5, 0.6) is 0 Å². The van der Waals surface area contributed by atoms with Crippen molar-refractivity contribution in [2.75, 3.05) is 25.0 Å². The molecule has 3 rings (SSSR count). The summed E-state index contributed by atoms with van der Waals surface area (Å²) in [5.74, 6) is 1.45. The molecule has 128 valence electrons. The Hall–Kier alpha value is -2.34. The third kappa shape index (κ3) is 4.58. The molecule has 0 bridgehead atoms. The van der Waals surface area contributed by atoms with Gasteiger partial charge in [-0.15, -0.1) is 0 Å². The van der Waals surface area contributed by atoms with Crippen LogP contribution in [0.4, 0.5) is 10.5 Å². The lowest BCUT2D eigenvalue weighted by Crippen LogP contribution is -2.34. The zero-order valence-electron chi connectivity index (χ0n) is 14.3. The molecule has 2 amide bonds. The van der Waals surface area contributed by atoms with Crippen molar-refractivity contribution in [2.24, 2.45) is 5.92 Å². The quantitative estimate of drug-likeness (QED) is 0.790. The van der Waals surface area contributed by atoms with Gasteiger partial charge in [-0.05, 0) is 44.9 Å². The van der Waals surface area contributed by atoms with Crippen LogP contribution in [-0.4, -0.2) is 40.5 Å². The van der Waals surface area contributed by atoms with E-state index in [1.165, 1.54) is 5.56 Å². The van der Waals surface area contributed by atoms with E-state index < -0.39 is 0 Å². The molecule has 0 radical (unpaired) electrons. The third-order valence-corrected chi connectivity index (χ3v) is 4.38. The van der Waals surface area contributed by atoms with E-state index in [0.29, 0.717) is 12.5 Å². The van der Waals surface area contributed by atoms with E-state index in [9.17, 15) is 4.79 Å². The van der Waals surface area contributed by atoms with Crippen molar-refractivity contribution in [3.8, 4) is 0 Å². The van der Waals surface area contributed by atoms with E-state index in [0.717, 1.165) is 43.3 Å². The average molecular weight is 327 g/mol. The maximum absolute atomic E-state index is 12.0. The first-order valence-electron chi connectivity index (χ1n) is 8.43. The molecule has 1 aromatic carbocycles. The Morgan fingerprint density at radius 1 is 1.33 bits per heavy atom. The molecule has 1 fully saturated rings. The Balaban J connectivity index is 1.39. The largest absolute Gasteiger partial charge is 0.345 e. The first-order valence-corrected chi connectivity index (χ1v) is 8.43. The topological polar surface area (TPSA) is 73.1 Å². The van der Waals surface area contributed by atoms with E-state index in [1.807, 2.05) is 44.3 Å². The first-order chi connectivity index (χ1) is 11.6. The maximum Gasteiger partial charge on any atom is 0.319 e. The van der Waals surface area contributed by atoms with Crippen molar-refractivity contribution in [3.63, 3.8) is 0 Å². The summed E-state index contributed by atoms with van der Waals surface area (Å²) in [5.41, 5.74) is 3.15. The van der Waals surface area contributed by atoms with Gasteiger partial charge < -0.3 is 15.6 Å². The van der Waals surface area contributed by atoms with E-state index in [1.54, 1.807) is 0 Å². The van der Waals surface area contributed by atoms with Crippen LogP contribution in [0.1, 0.15) is 23.5 Å². The molecule has 2 heterocycles. The molecule has 3 N–H and O–H groups in total. The number of carbonyl (C=O) groups is 1. The number of nitrogens with one attached hydrogen (secondary N) is 3. The second-order valence-electron chi connectivity index (χ2n) is 6.58. The molecule has 1 aliphatic rings. The molecule has 1 atom stereocenters. The summed E-state index contributed by atoms with van der Waals surface area (Å²) >= 11 is 0. The molecule has 24 heavy (non-hydrogen) atoms. The highest BCUT2D eigenvalue weighted by Crippen LogP contribution is 2.17. The van der Waals surface area contributed by atoms with Gasteiger partial charge in [0.2, 0.25) is 0 Å². The number of hydrogen-bond acceptors (Lipinski definition) is 3. The second kappa shape index (κ2) is 7.49. The zero-order chi connectivity index (χ0) is 16.9. The lowest BCUT2D eigenvalue weighted by Gasteiger charge is -2.15.